The van der Waals surface area contributed by atoms with Gasteiger partial charge < -0.3 is 14.9 Å². The first-order chi connectivity index (χ1) is 13.7. The van der Waals surface area contributed by atoms with Crippen LogP contribution in [0.4, 0.5) is 0 Å². The summed E-state index contributed by atoms with van der Waals surface area (Å²) in [5, 5.41) is 10.1. The molecule has 1 aromatic heterocycles. The molecule has 0 radical (unpaired) electrons. The number of pyridine rings is 1. The van der Waals surface area contributed by atoms with E-state index in [1.54, 1.807) is 29.4 Å². The van der Waals surface area contributed by atoms with Crippen molar-refractivity contribution in [2.45, 2.75) is 30.3 Å². The smallest absolute Gasteiger partial charge is 0.256 e. The first-order valence-electron chi connectivity index (χ1n) is 9.84. The van der Waals surface area contributed by atoms with Crippen molar-refractivity contribution < 1.29 is 14.7 Å². The van der Waals surface area contributed by atoms with Gasteiger partial charge >= 0.3 is 0 Å². The van der Waals surface area contributed by atoms with Crippen LogP contribution in [0.3, 0.4) is 0 Å². The van der Waals surface area contributed by atoms with E-state index in [1.807, 2.05) is 35.2 Å². The first kappa shape index (κ1) is 17.4. The van der Waals surface area contributed by atoms with E-state index in [0.29, 0.717) is 18.7 Å². The second-order valence-electron chi connectivity index (χ2n) is 8.13. The van der Waals surface area contributed by atoms with Gasteiger partial charge in [-0.2, -0.15) is 0 Å². The fraction of sp³-hybridized carbons (Fsp3) is 0.409. The SMILES string of the molecule is O=C(C1CC1)N1CC2(C1)[C@H](c1ccccc1)[C@@H](CO)N2C(=O)c1cccnc1. The van der Waals surface area contributed by atoms with Crippen LogP contribution >= 0.6 is 0 Å². The van der Waals surface area contributed by atoms with Crippen LogP contribution in [0.1, 0.15) is 34.7 Å². The van der Waals surface area contributed by atoms with E-state index in [0.717, 1.165) is 18.4 Å². The van der Waals surface area contributed by atoms with E-state index >= 15 is 0 Å². The van der Waals surface area contributed by atoms with Gasteiger partial charge in [0, 0.05) is 37.3 Å². The fourth-order valence-corrected chi connectivity index (χ4v) is 4.97. The summed E-state index contributed by atoms with van der Waals surface area (Å²) < 4.78 is 0. The Morgan fingerprint density at radius 1 is 1.11 bits per heavy atom. The van der Waals surface area contributed by atoms with Gasteiger partial charge in [0.15, 0.2) is 0 Å². The number of rotatable bonds is 4. The Hall–Kier alpha value is -2.73. The molecule has 2 saturated heterocycles. The van der Waals surface area contributed by atoms with Crippen LogP contribution < -0.4 is 0 Å². The summed E-state index contributed by atoms with van der Waals surface area (Å²) in [4.78, 5) is 33.5. The molecule has 6 nitrogen and oxygen atoms in total. The van der Waals surface area contributed by atoms with Gasteiger partial charge in [-0.3, -0.25) is 14.6 Å². The van der Waals surface area contributed by atoms with Crippen LogP contribution in [-0.2, 0) is 4.79 Å². The molecule has 2 atom stereocenters. The maximum absolute atomic E-state index is 13.3. The molecule has 1 aliphatic carbocycles. The minimum atomic E-state index is -0.452. The number of carbonyl (C=O) groups is 2. The Labute approximate surface area is 163 Å². The normalized spacial score (nSPS) is 25.2. The van der Waals surface area contributed by atoms with Gasteiger partial charge in [0.25, 0.3) is 5.91 Å². The maximum Gasteiger partial charge on any atom is 0.256 e. The summed E-state index contributed by atoms with van der Waals surface area (Å²) in [7, 11) is 0. The zero-order chi connectivity index (χ0) is 19.3. The lowest BCUT2D eigenvalue weighted by molar-refractivity contribution is -0.179. The van der Waals surface area contributed by atoms with Crippen molar-refractivity contribution in [1.82, 2.24) is 14.8 Å². The molecule has 28 heavy (non-hydrogen) atoms. The zero-order valence-corrected chi connectivity index (χ0v) is 15.6. The van der Waals surface area contributed by atoms with Crippen molar-refractivity contribution in [1.29, 1.82) is 0 Å². The lowest BCUT2D eigenvalue weighted by Crippen LogP contribution is -2.86. The Morgan fingerprint density at radius 3 is 2.46 bits per heavy atom. The van der Waals surface area contributed by atoms with E-state index in [1.165, 1.54) is 0 Å². The predicted octanol–water partition coefficient (Wildman–Crippen LogP) is 1.67. The molecule has 1 N–H and O–H groups in total. The number of hydrogen-bond donors (Lipinski definition) is 1. The molecular formula is C22H23N3O3. The molecular weight excluding hydrogens is 354 g/mol. The zero-order valence-electron chi connectivity index (χ0n) is 15.6. The van der Waals surface area contributed by atoms with Crippen LogP contribution in [-0.4, -0.2) is 63.0 Å². The van der Waals surface area contributed by atoms with Crippen molar-refractivity contribution in [3.63, 3.8) is 0 Å². The number of amides is 2. The van der Waals surface area contributed by atoms with Crippen molar-refractivity contribution >= 4 is 11.8 Å². The average Bonchev–Trinajstić information content (AvgIpc) is 3.53. The lowest BCUT2D eigenvalue weighted by atomic mass is 9.60. The first-order valence-corrected chi connectivity index (χ1v) is 9.84. The van der Waals surface area contributed by atoms with Gasteiger partial charge in [-0.1, -0.05) is 30.3 Å². The Kier molecular flexibility index (Phi) is 3.98. The second kappa shape index (κ2) is 6.41. The van der Waals surface area contributed by atoms with Gasteiger partial charge in [0.1, 0.15) is 0 Å². The highest BCUT2D eigenvalue weighted by atomic mass is 16.3. The van der Waals surface area contributed by atoms with Crippen molar-refractivity contribution in [3.8, 4) is 0 Å². The number of aliphatic hydroxyl groups is 1. The van der Waals surface area contributed by atoms with Crippen LogP contribution in [0, 0.1) is 5.92 Å². The summed E-state index contributed by atoms with van der Waals surface area (Å²) in [5.41, 5.74) is 1.17. The molecule has 5 rings (SSSR count). The van der Waals surface area contributed by atoms with Gasteiger partial charge in [-0.15, -0.1) is 0 Å². The molecule has 3 fully saturated rings. The molecule has 6 heteroatoms. The van der Waals surface area contributed by atoms with E-state index in [2.05, 4.69) is 4.98 Å². The van der Waals surface area contributed by atoms with Crippen LogP contribution in [0.2, 0.25) is 0 Å². The molecule has 3 heterocycles. The molecule has 1 aromatic carbocycles. The van der Waals surface area contributed by atoms with Crippen molar-refractivity contribution in [2.75, 3.05) is 19.7 Å². The molecule has 0 unspecified atom stereocenters. The van der Waals surface area contributed by atoms with E-state index in [9.17, 15) is 14.7 Å². The summed E-state index contributed by atoms with van der Waals surface area (Å²) in [6.45, 7) is 0.957. The minimum absolute atomic E-state index is 0.0163. The number of likely N-dealkylation sites (tertiary alicyclic amines) is 2. The summed E-state index contributed by atoms with van der Waals surface area (Å²) >= 11 is 0. The standard InChI is InChI=1S/C22H23N3O3/c26-12-18-19(15-5-2-1-3-6-15)22(13-24(14-22)20(27)16-8-9-16)25(18)21(28)17-7-4-10-23-11-17/h1-7,10-11,16,18-19,26H,8-9,12-14H2/t18-,19-/m1/s1. The molecule has 2 amide bonds. The minimum Gasteiger partial charge on any atom is -0.394 e. The van der Waals surface area contributed by atoms with E-state index in [-0.39, 0.29) is 36.3 Å². The topological polar surface area (TPSA) is 73.7 Å². The summed E-state index contributed by atoms with van der Waals surface area (Å²) in [6.07, 6.45) is 5.15. The third kappa shape index (κ3) is 2.48. The van der Waals surface area contributed by atoms with E-state index < -0.39 is 5.54 Å². The van der Waals surface area contributed by atoms with E-state index in [4.69, 9.17) is 0 Å². The third-order valence-electron chi connectivity index (χ3n) is 6.42. The Balaban J connectivity index is 1.48. The Bertz CT molecular complexity index is 892. The van der Waals surface area contributed by atoms with Gasteiger partial charge in [0.2, 0.25) is 5.91 Å². The fourth-order valence-electron chi connectivity index (χ4n) is 4.97. The quantitative estimate of drug-likeness (QED) is 0.880. The number of hydrogen-bond acceptors (Lipinski definition) is 4. The molecule has 2 aliphatic heterocycles. The van der Waals surface area contributed by atoms with Gasteiger partial charge in [0.05, 0.1) is 23.8 Å². The molecule has 0 bridgehead atoms. The maximum atomic E-state index is 13.3. The highest BCUT2D eigenvalue weighted by Crippen LogP contribution is 2.55. The van der Waals surface area contributed by atoms with Crippen LogP contribution in [0.25, 0.3) is 0 Å². The molecule has 2 aromatic rings. The Morgan fingerprint density at radius 2 is 1.86 bits per heavy atom. The van der Waals surface area contributed by atoms with Gasteiger partial charge in [-0.25, -0.2) is 0 Å². The number of nitrogens with zero attached hydrogens (tertiary/aromatic N) is 3. The monoisotopic (exact) mass is 377 g/mol. The van der Waals surface area contributed by atoms with Crippen LogP contribution in [0.15, 0.2) is 54.9 Å². The van der Waals surface area contributed by atoms with Crippen LogP contribution in [0.5, 0.6) is 0 Å². The largest absolute Gasteiger partial charge is 0.394 e. The number of aliphatic hydroxyl groups excluding tert-OH is 1. The van der Waals surface area contributed by atoms with Crippen molar-refractivity contribution in [2.24, 2.45) is 5.92 Å². The number of aromatic nitrogens is 1. The highest BCUT2D eigenvalue weighted by molar-refractivity contribution is 5.96. The summed E-state index contributed by atoms with van der Waals surface area (Å²) in [6, 6.07) is 13.2. The number of carbonyl (C=O) groups excluding carboxylic acids is 2. The lowest BCUT2D eigenvalue weighted by Gasteiger charge is -2.70. The van der Waals surface area contributed by atoms with Gasteiger partial charge in [-0.05, 0) is 30.5 Å². The molecule has 3 aliphatic rings. The predicted molar refractivity (Wildman–Crippen MR) is 102 cm³/mol. The second-order valence-corrected chi connectivity index (χ2v) is 8.13. The third-order valence-corrected chi connectivity index (χ3v) is 6.42. The van der Waals surface area contributed by atoms with Crippen molar-refractivity contribution in [3.05, 3.63) is 66.0 Å². The summed E-state index contributed by atoms with van der Waals surface area (Å²) in [5.74, 6) is 0.266. The highest BCUT2D eigenvalue weighted by Gasteiger charge is 2.68. The molecule has 144 valence electrons. The molecule has 1 spiro atoms. The average molecular weight is 377 g/mol. The molecule has 1 saturated carbocycles. The number of benzene rings is 1.